The highest BCUT2D eigenvalue weighted by molar-refractivity contribution is 5.77. The summed E-state index contributed by atoms with van der Waals surface area (Å²) in [6, 6.07) is 8.01. The molecule has 2 N–H and O–H groups in total. The Labute approximate surface area is 125 Å². The number of aromatic amines is 1. The topological polar surface area (TPSA) is 57.8 Å². The largest absolute Gasteiger partial charge is 0.309 e. The van der Waals surface area contributed by atoms with E-state index >= 15 is 0 Å². The van der Waals surface area contributed by atoms with Crippen LogP contribution in [0.1, 0.15) is 38.9 Å². The van der Waals surface area contributed by atoms with Crippen molar-refractivity contribution in [1.29, 1.82) is 0 Å². The molecule has 1 aromatic heterocycles. The van der Waals surface area contributed by atoms with Crippen molar-refractivity contribution in [3.8, 4) is 0 Å². The molecule has 0 spiro atoms. The van der Waals surface area contributed by atoms with Crippen molar-refractivity contribution in [3.05, 3.63) is 40.4 Å². The van der Waals surface area contributed by atoms with E-state index in [0.29, 0.717) is 23.9 Å². The number of para-hydroxylation sites is 1. The van der Waals surface area contributed by atoms with Crippen LogP contribution in [0.25, 0.3) is 10.9 Å². The second kappa shape index (κ2) is 5.98. The first-order valence-electron chi connectivity index (χ1n) is 7.90. The molecule has 1 heterocycles. The minimum Gasteiger partial charge on any atom is -0.309 e. The fourth-order valence-corrected chi connectivity index (χ4v) is 3.56. The molecular formula is C17H23N3O. The van der Waals surface area contributed by atoms with Gasteiger partial charge >= 0.3 is 0 Å². The molecule has 0 bridgehead atoms. The van der Waals surface area contributed by atoms with E-state index in [9.17, 15) is 4.79 Å². The summed E-state index contributed by atoms with van der Waals surface area (Å²) in [7, 11) is 0. The Bertz CT molecular complexity index is 679. The van der Waals surface area contributed by atoms with Gasteiger partial charge in [-0.1, -0.05) is 32.4 Å². The molecule has 0 radical (unpaired) electrons. The van der Waals surface area contributed by atoms with Crippen LogP contribution in [0.4, 0.5) is 0 Å². The maximum absolute atomic E-state index is 12.0. The lowest BCUT2D eigenvalue weighted by Gasteiger charge is -2.20. The first kappa shape index (κ1) is 14.3. The minimum atomic E-state index is -0.0525. The van der Waals surface area contributed by atoms with E-state index in [-0.39, 0.29) is 5.56 Å². The summed E-state index contributed by atoms with van der Waals surface area (Å²) in [5.74, 6) is 2.25. The number of nitrogens with one attached hydrogen (secondary N) is 2. The van der Waals surface area contributed by atoms with Gasteiger partial charge in [0.25, 0.3) is 5.56 Å². The number of H-pyrrole nitrogens is 1. The molecular weight excluding hydrogens is 262 g/mol. The Balaban J connectivity index is 1.73. The van der Waals surface area contributed by atoms with E-state index in [1.165, 1.54) is 19.3 Å². The molecule has 1 saturated carbocycles. The van der Waals surface area contributed by atoms with Crippen molar-refractivity contribution < 1.29 is 0 Å². The molecule has 2 aromatic rings. The average Bonchev–Trinajstić information content (AvgIpc) is 2.85. The Morgan fingerprint density at radius 2 is 2.14 bits per heavy atom. The first-order chi connectivity index (χ1) is 10.2. The summed E-state index contributed by atoms with van der Waals surface area (Å²) < 4.78 is 0. The summed E-state index contributed by atoms with van der Waals surface area (Å²) in [6.07, 6.45) is 3.78. The fraction of sp³-hybridized carbons (Fsp3) is 0.529. The number of aromatic nitrogens is 2. The number of fused-ring (bicyclic) bond motifs is 1. The quantitative estimate of drug-likeness (QED) is 0.908. The Hall–Kier alpha value is -1.68. The number of nitrogens with zero attached hydrogens (tertiary/aromatic N) is 1. The standard InChI is InChI=1S/C17H23N3O/c1-3-12-8-9-14(11(12)2)18-10-16-19-15-7-5-4-6-13(15)17(21)20-16/h4-7,11-12,14,18H,3,8-10H2,1-2H3,(H,19,20,21). The van der Waals surface area contributed by atoms with Crippen LogP contribution in [0.2, 0.25) is 0 Å². The van der Waals surface area contributed by atoms with Crippen LogP contribution >= 0.6 is 0 Å². The normalized spacial score (nSPS) is 25.5. The molecule has 112 valence electrons. The Kier molecular flexibility index (Phi) is 4.06. The van der Waals surface area contributed by atoms with E-state index in [4.69, 9.17) is 0 Å². The van der Waals surface area contributed by atoms with Crippen LogP contribution in [0.15, 0.2) is 29.1 Å². The predicted octanol–water partition coefficient (Wildman–Crippen LogP) is 2.84. The summed E-state index contributed by atoms with van der Waals surface area (Å²) >= 11 is 0. The van der Waals surface area contributed by atoms with Crippen molar-refractivity contribution >= 4 is 10.9 Å². The van der Waals surface area contributed by atoms with Crippen LogP contribution in [0, 0.1) is 11.8 Å². The van der Waals surface area contributed by atoms with E-state index in [0.717, 1.165) is 17.3 Å². The molecule has 0 amide bonds. The number of rotatable bonds is 4. The lowest BCUT2D eigenvalue weighted by molar-refractivity contribution is 0.342. The van der Waals surface area contributed by atoms with Gasteiger partial charge in [-0.2, -0.15) is 0 Å². The van der Waals surface area contributed by atoms with Crippen LogP contribution in [0.5, 0.6) is 0 Å². The lowest BCUT2D eigenvalue weighted by Crippen LogP contribution is -2.33. The zero-order valence-electron chi connectivity index (χ0n) is 12.7. The Morgan fingerprint density at radius 3 is 2.90 bits per heavy atom. The van der Waals surface area contributed by atoms with Crippen LogP contribution < -0.4 is 10.9 Å². The van der Waals surface area contributed by atoms with Crippen molar-refractivity contribution in [2.24, 2.45) is 11.8 Å². The molecule has 3 unspecified atom stereocenters. The van der Waals surface area contributed by atoms with E-state index in [2.05, 4.69) is 29.1 Å². The van der Waals surface area contributed by atoms with Gasteiger partial charge in [0.15, 0.2) is 0 Å². The van der Waals surface area contributed by atoms with Crippen LogP contribution in [-0.2, 0) is 6.54 Å². The fourth-order valence-electron chi connectivity index (χ4n) is 3.56. The van der Waals surface area contributed by atoms with Gasteiger partial charge in [0.2, 0.25) is 0 Å². The van der Waals surface area contributed by atoms with E-state index < -0.39 is 0 Å². The number of benzene rings is 1. The molecule has 4 heteroatoms. The highest BCUT2D eigenvalue weighted by Gasteiger charge is 2.30. The molecule has 21 heavy (non-hydrogen) atoms. The first-order valence-corrected chi connectivity index (χ1v) is 7.90. The van der Waals surface area contributed by atoms with Crippen LogP contribution in [0.3, 0.4) is 0 Å². The highest BCUT2D eigenvalue weighted by atomic mass is 16.1. The van der Waals surface area contributed by atoms with Gasteiger partial charge in [-0.3, -0.25) is 4.79 Å². The molecule has 3 rings (SSSR count). The van der Waals surface area contributed by atoms with E-state index in [1.54, 1.807) is 0 Å². The third kappa shape index (κ3) is 2.86. The maximum atomic E-state index is 12.0. The van der Waals surface area contributed by atoms with Gasteiger partial charge in [-0.15, -0.1) is 0 Å². The van der Waals surface area contributed by atoms with Gasteiger partial charge in [0.1, 0.15) is 5.82 Å². The maximum Gasteiger partial charge on any atom is 0.258 e. The zero-order chi connectivity index (χ0) is 14.8. The lowest BCUT2D eigenvalue weighted by atomic mass is 9.93. The van der Waals surface area contributed by atoms with Gasteiger partial charge in [0, 0.05) is 6.04 Å². The number of hydrogen-bond donors (Lipinski definition) is 2. The third-order valence-electron chi connectivity index (χ3n) is 4.94. The molecule has 0 aliphatic heterocycles. The highest BCUT2D eigenvalue weighted by Crippen LogP contribution is 2.33. The average molecular weight is 285 g/mol. The summed E-state index contributed by atoms with van der Waals surface area (Å²) in [4.78, 5) is 19.5. The second-order valence-electron chi connectivity index (χ2n) is 6.12. The molecule has 1 aromatic carbocycles. The smallest absolute Gasteiger partial charge is 0.258 e. The van der Waals surface area contributed by atoms with Gasteiger partial charge in [-0.05, 0) is 36.8 Å². The van der Waals surface area contributed by atoms with Crippen molar-refractivity contribution in [2.75, 3.05) is 0 Å². The minimum absolute atomic E-state index is 0.0525. The third-order valence-corrected chi connectivity index (χ3v) is 4.94. The van der Waals surface area contributed by atoms with Gasteiger partial charge in [0.05, 0.1) is 17.4 Å². The Morgan fingerprint density at radius 1 is 1.33 bits per heavy atom. The van der Waals surface area contributed by atoms with Gasteiger partial charge < -0.3 is 10.3 Å². The molecule has 1 aliphatic rings. The SMILES string of the molecule is CCC1CCC(NCc2nc3ccccc3c(=O)[nH]2)C1C. The number of hydrogen-bond acceptors (Lipinski definition) is 3. The van der Waals surface area contributed by atoms with Crippen molar-refractivity contribution in [3.63, 3.8) is 0 Å². The molecule has 0 saturated heterocycles. The molecule has 4 nitrogen and oxygen atoms in total. The van der Waals surface area contributed by atoms with Crippen molar-refractivity contribution in [2.45, 2.75) is 45.7 Å². The summed E-state index contributed by atoms with van der Waals surface area (Å²) in [5, 5.41) is 4.23. The monoisotopic (exact) mass is 285 g/mol. The van der Waals surface area contributed by atoms with E-state index in [1.807, 2.05) is 24.3 Å². The predicted molar refractivity (Wildman–Crippen MR) is 85.2 cm³/mol. The molecule has 1 fully saturated rings. The van der Waals surface area contributed by atoms with Gasteiger partial charge in [-0.25, -0.2) is 4.98 Å². The second-order valence-corrected chi connectivity index (χ2v) is 6.12. The summed E-state index contributed by atoms with van der Waals surface area (Å²) in [5.41, 5.74) is 0.715. The summed E-state index contributed by atoms with van der Waals surface area (Å²) in [6.45, 7) is 5.23. The zero-order valence-corrected chi connectivity index (χ0v) is 12.7. The van der Waals surface area contributed by atoms with Crippen molar-refractivity contribution in [1.82, 2.24) is 15.3 Å². The molecule has 3 atom stereocenters. The molecule has 1 aliphatic carbocycles. The van der Waals surface area contributed by atoms with Crippen LogP contribution in [-0.4, -0.2) is 16.0 Å².